The normalized spacial score (nSPS) is 11.6. The van der Waals surface area contributed by atoms with Gasteiger partial charge in [-0.2, -0.15) is 13.2 Å². The molecular formula is C7H6F3N. The maximum Gasteiger partial charge on any atom is 0.418 e. The van der Waals surface area contributed by atoms with Crippen LogP contribution in [0.3, 0.4) is 0 Å². The van der Waals surface area contributed by atoms with E-state index in [4.69, 9.17) is 0 Å². The monoisotopic (exact) mass is 161 g/mol. The van der Waals surface area contributed by atoms with Gasteiger partial charge in [0.25, 0.3) is 0 Å². The molecule has 1 aromatic heterocycles. The van der Waals surface area contributed by atoms with E-state index in [-0.39, 0.29) is 5.56 Å². The van der Waals surface area contributed by atoms with Gasteiger partial charge in [0.1, 0.15) is 0 Å². The summed E-state index contributed by atoms with van der Waals surface area (Å²) in [7, 11) is 0. The third kappa shape index (κ3) is 1.69. The van der Waals surface area contributed by atoms with Crippen molar-refractivity contribution in [3.63, 3.8) is 0 Å². The van der Waals surface area contributed by atoms with Crippen molar-refractivity contribution in [1.29, 1.82) is 0 Å². The lowest BCUT2D eigenvalue weighted by Crippen LogP contribution is -2.07. The third-order valence-corrected chi connectivity index (χ3v) is 1.34. The number of pyridine rings is 1. The van der Waals surface area contributed by atoms with Crippen LogP contribution >= 0.6 is 0 Å². The number of nitrogens with zero attached hydrogens (tertiary/aromatic N) is 1. The Morgan fingerprint density at radius 1 is 1.36 bits per heavy atom. The second-order valence-corrected chi connectivity index (χ2v) is 2.19. The van der Waals surface area contributed by atoms with E-state index < -0.39 is 11.7 Å². The molecule has 60 valence electrons. The Balaban J connectivity index is 3.14. The van der Waals surface area contributed by atoms with Crippen molar-refractivity contribution in [2.45, 2.75) is 13.1 Å². The van der Waals surface area contributed by atoms with E-state index in [0.29, 0.717) is 0 Å². The van der Waals surface area contributed by atoms with Crippen LogP contribution < -0.4 is 0 Å². The van der Waals surface area contributed by atoms with E-state index in [1.165, 1.54) is 19.2 Å². The van der Waals surface area contributed by atoms with Crippen LogP contribution in [-0.4, -0.2) is 4.98 Å². The number of hydrogen-bond donors (Lipinski definition) is 0. The Kier molecular flexibility index (Phi) is 1.85. The molecule has 0 aliphatic rings. The summed E-state index contributed by atoms with van der Waals surface area (Å²) in [5, 5.41) is 0. The molecule has 0 N–H and O–H groups in total. The zero-order valence-corrected chi connectivity index (χ0v) is 5.81. The standard InChI is InChI=1S/C7H6F3N/c1-5-2-3-11-4-6(5)7(8,9)10/h2-4H,1H3. The first-order valence-corrected chi connectivity index (χ1v) is 2.99. The Hall–Kier alpha value is -1.06. The molecular weight excluding hydrogens is 155 g/mol. The predicted octanol–water partition coefficient (Wildman–Crippen LogP) is 2.41. The van der Waals surface area contributed by atoms with Crippen LogP contribution in [0, 0.1) is 6.92 Å². The topological polar surface area (TPSA) is 12.9 Å². The second kappa shape index (κ2) is 2.53. The predicted molar refractivity (Wildman–Crippen MR) is 34.0 cm³/mol. The van der Waals surface area contributed by atoms with Crippen molar-refractivity contribution >= 4 is 0 Å². The fraction of sp³-hybridized carbons (Fsp3) is 0.286. The number of aryl methyl sites for hydroxylation is 1. The van der Waals surface area contributed by atoms with Crippen molar-refractivity contribution < 1.29 is 13.2 Å². The summed E-state index contributed by atoms with van der Waals surface area (Å²) >= 11 is 0. The van der Waals surface area contributed by atoms with Gasteiger partial charge >= 0.3 is 6.18 Å². The van der Waals surface area contributed by atoms with Gasteiger partial charge in [0.2, 0.25) is 0 Å². The Morgan fingerprint density at radius 3 is 2.36 bits per heavy atom. The van der Waals surface area contributed by atoms with Crippen LogP contribution in [0.4, 0.5) is 13.2 Å². The van der Waals surface area contributed by atoms with E-state index in [9.17, 15) is 13.2 Å². The SMILES string of the molecule is Cc1ccncc1C(F)(F)F. The summed E-state index contributed by atoms with van der Waals surface area (Å²) in [4.78, 5) is 3.39. The number of hydrogen-bond acceptors (Lipinski definition) is 1. The lowest BCUT2D eigenvalue weighted by Gasteiger charge is -2.07. The van der Waals surface area contributed by atoms with Gasteiger partial charge in [-0.25, -0.2) is 0 Å². The lowest BCUT2D eigenvalue weighted by atomic mass is 10.1. The average molecular weight is 161 g/mol. The van der Waals surface area contributed by atoms with Crippen LogP contribution in [0.25, 0.3) is 0 Å². The highest BCUT2D eigenvalue weighted by Crippen LogP contribution is 2.30. The van der Waals surface area contributed by atoms with Crippen molar-refractivity contribution in [3.8, 4) is 0 Å². The Bertz CT molecular complexity index is 254. The Labute approximate surface area is 61.9 Å². The summed E-state index contributed by atoms with van der Waals surface area (Å²) in [6, 6.07) is 1.34. The highest BCUT2D eigenvalue weighted by molar-refractivity contribution is 5.23. The van der Waals surface area contributed by atoms with E-state index in [1.54, 1.807) is 0 Å². The van der Waals surface area contributed by atoms with Gasteiger partial charge in [-0.15, -0.1) is 0 Å². The first-order valence-electron chi connectivity index (χ1n) is 2.99. The molecule has 1 heterocycles. The molecule has 1 aromatic rings. The van der Waals surface area contributed by atoms with Gasteiger partial charge in [-0.05, 0) is 18.6 Å². The molecule has 0 aromatic carbocycles. The van der Waals surface area contributed by atoms with Gasteiger partial charge in [-0.1, -0.05) is 0 Å². The van der Waals surface area contributed by atoms with E-state index >= 15 is 0 Å². The molecule has 4 heteroatoms. The van der Waals surface area contributed by atoms with Crippen molar-refractivity contribution in [2.75, 3.05) is 0 Å². The second-order valence-electron chi connectivity index (χ2n) is 2.19. The van der Waals surface area contributed by atoms with Crippen molar-refractivity contribution in [2.24, 2.45) is 0 Å². The average Bonchev–Trinajstić information content (AvgIpc) is 1.86. The summed E-state index contributed by atoms with van der Waals surface area (Å²) < 4.78 is 36.0. The van der Waals surface area contributed by atoms with Crippen LogP contribution in [0.2, 0.25) is 0 Å². The zero-order valence-electron chi connectivity index (χ0n) is 5.81. The molecule has 0 bridgehead atoms. The summed E-state index contributed by atoms with van der Waals surface area (Å²) in [5.74, 6) is 0. The molecule has 0 atom stereocenters. The van der Waals surface area contributed by atoms with Crippen LogP contribution in [0.5, 0.6) is 0 Å². The van der Waals surface area contributed by atoms with Crippen molar-refractivity contribution in [1.82, 2.24) is 4.98 Å². The Morgan fingerprint density at radius 2 is 2.00 bits per heavy atom. The van der Waals surface area contributed by atoms with E-state index in [0.717, 1.165) is 6.20 Å². The first-order chi connectivity index (χ1) is 5.02. The van der Waals surface area contributed by atoms with Gasteiger partial charge < -0.3 is 0 Å². The maximum absolute atomic E-state index is 12.0. The molecule has 0 aliphatic carbocycles. The minimum Gasteiger partial charge on any atom is -0.264 e. The molecule has 0 radical (unpaired) electrons. The fourth-order valence-electron chi connectivity index (χ4n) is 0.761. The van der Waals surface area contributed by atoms with E-state index in [2.05, 4.69) is 4.98 Å². The number of halogens is 3. The van der Waals surface area contributed by atoms with Gasteiger partial charge in [0, 0.05) is 12.4 Å². The number of rotatable bonds is 0. The molecule has 0 saturated carbocycles. The maximum atomic E-state index is 12.0. The molecule has 0 amide bonds. The smallest absolute Gasteiger partial charge is 0.264 e. The summed E-state index contributed by atoms with van der Waals surface area (Å²) in [5.41, 5.74) is -0.465. The van der Waals surface area contributed by atoms with Gasteiger partial charge in [-0.3, -0.25) is 4.98 Å². The molecule has 1 nitrogen and oxygen atoms in total. The number of aromatic nitrogens is 1. The van der Waals surface area contributed by atoms with Crippen LogP contribution in [0.15, 0.2) is 18.5 Å². The summed E-state index contributed by atoms with van der Waals surface area (Å²) in [6.07, 6.45) is -2.11. The largest absolute Gasteiger partial charge is 0.418 e. The fourth-order valence-corrected chi connectivity index (χ4v) is 0.761. The third-order valence-electron chi connectivity index (χ3n) is 1.34. The van der Waals surface area contributed by atoms with E-state index in [1.807, 2.05) is 0 Å². The summed E-state index contributed by atoms with van der Waals surface area (Å²) in [6.45, 7) is 1.41. The molecule has 11 heavy (non-hydrogen) atoms. The van der Waals surface area contributed by atoms with Gasteiger partial charge in [0.05, 0.1) is 5.56 Å². The molecule has 0 aliphatic heterocycles. The minimum atomic E-state index is -4.28. The van der Waals surface area contributed by atoms with Crippen molar-refractivity contribution in [3.05, 3.63) is 29.6 Å². The first kappa shape index (κ1) is 8.04. The van der Waals surface area contributed by atoms with Crippen LogP contribution in [-0.2, 0) is 6.18 Å². The quantitative estimate of drug-likeness (QED) is 0.569. The molecule has 0 unspecified atom stereocenters. The highest BCUT2D eigenvalue weighted by Gasteiger charge is 2.32. The lowest BCUT2D eigenvalue weighted by molar-refractivity contribution is -0.138. The molecule has 0 fully saturated rings. The zero-order chi connectivity index (χ0) is 8.48. The van der Waals surface area contributed by atoms with Crippen LogP contribution in [0.1, 0.15) is 11.1 Å². The molecule has 0 spiro atoms. The molecule has 1 rings (SSSR count). The number of alkyl halides is 3. The highest BCUT2D eigenvalue weighted by atomic mass is 19.4. The molecule has 0 saturated heterocycles. The van der Waals surface area contributed by atoms with Gasteiger partial charge in [0.15, 0.2) is 0 Å². The minimum absolute atomic E-state index is 0.201.